The van der Waals surface area contributed by atoms with Crippen molar-refractivity contribution >= 4 is 12.3 Å². The number of carboxylic acids is 1. The van der Waals surface area contributed by atoms with Crippen molar-refractivity contribution in [2.75, 3.05) is 0 Å². The lowest BCUT2D eigenvalue weighted by Gasteiger charge is -2.08. The standard InChI is InChI=1S/C15H13NO4/c17-7-6-12-8-11(9-16-14(12)15(18)19)10-20-13-4-2-1-3-5-13/h1-5,7-9H,6,10H2,(H,18,19). The summed E-state index contributed by atoms with van der Waals surface area (Å²) < 4.78 is 5.55. The molecule has 5 heteroatoms. The van der Waals surface area contributed by atoms with Gasteiger partial charge in [-0.25, -0.2) is 9.78 Å². The number of aromatic nitrogens is 1. The van der Waals surface area contributed by atoms with Crippen LogP contribution >= 0.6 is 0 Å². The molecule has 0 spiro atoms. The molecule has 2 aromatic rings. The monoisotopic (exact) mass is 271 g/mol. The molecule has 0 fully saturated rings. The first-order valence-electron chi connectivity index (χ1n) is 6.03. The van der Waals surface area contributed by atoms with Crippen LogP contribution in [0.1, 0.15) is 21.6 Å². The highest BCUT2D eigenvalue weighted by molar-refractivity contribution is 5.87. The number of carboxylic acid groups (broad SMARTS) is 1. The van der Waals surface area contributed by atoms with E-state index in [1.165, 1.54) is 6.20 Å². The number of nitrogens with zero attached hydrogens (tertiary/aromatic N) is 1. The highest BCUT2D eigenvalue weighted by atomic mass is 16.5. The lowest BCUT2D eigenvalue weighted by molar-refractivity contribution is -0.107. The van der Waals surface area contributed by atoms with Gasteiger partial charge in [0.2, 0.25) is 0 Å². The zero-order valence-electron chi connectivity index (χ0n) is 10.7. The van der Waals surface area contributed by atoms with E-state index in [0.717, 1.165) is 5.56 Å². The molecule has 1 aromatic carbocycles. The van der Waals surface area contributed by atoms with Gasteiger partial charge in [-0.15, -0.1) is 0 Å². The summed E-state index contributed by atoms with van der Waals surface area (Å²) in [6, 6.07) is 10.9. The normalized spacial score (nSPS) is 10.0. The molecule has 1 heterocycles. The number of hydrogen-bond acceptors (Lipinski definition) is 4. The Morgan fingerprint density at radius 3 is 2.70 bits per heavy atom. The second-order valence-corrected chi connectivity index (χ2v) is 4.13. The Kier molecular flexibility index (Phi) is 4.44. The average molecular weight is 271 g/mol. The first-order valence-corrected chi connectivity index (χ1v) is 6.03. The van der Waals surface area contributed by atoms with Crippen LogP contribution in [0.4, 0.5) is 0 Å². The van der Waals surface area contributed by atoms with Crippen LogP contribution < -0.4 is 4.74 Å². The summed E-state index contributed by atoms with van der Waals surface area (Å²) >= 11 is 0. The smallest absolute Gasteiger partial charge is 0.354 e. The van der Waals surface area contributed by atoms with Gasteiger partial charge >= 0.3 is 5.97 Å². The summed E-state index contributed by atoms with van der Waals surface area (Å²) in [5.74, 6) is -0.427. The SMILES string of the molecule is O=CCc1cc(COc2ccccc2)cnc1C(=O)O. The van der Waals surface area contributed by atoms with Gasteiger partial charge in [0.05, 0.1) is 0 Å². The van der Waals surface area contributed by atoms with Crippen molar-refractivity contribution < 1.29 is 19.4 Å². The van der Waals surface area contributed by atoms with Crippen molar-refractivity contribution in [2.24, 2.45) is 0 Å². The minimum Gasteiger partial charge on any atom is -0.489 e. The maximum absolute atomic E-state index is 11.0. The highest BCUT2D eigenvalue weighted by Crippen LogP contribution is 2.14. The molecule has 20 heavy (non-hydrogen) atoms. The Morgan fingerprint density at radius 2 is 2.05 bits per heavy atom. The quantitative estimate of drug-likeness (QED) is 0.814. The van der Waals surface area contributed by atoms with E-state index < -0.39 is 5.97 Å². The van der Waals surface area contributed by atoms with Crippen LogP contribution in [-0.2, 0) is 17.8 Å². The van der Waals surface area contributed by atoms with Crippen LogP contribution in [0.2, 0.25) is 0 Å². The van der Waals surface area contributed by atoms with Gasteiger partial charge in [-0.3, -0.25) is 0 Å². The maximum atomic E-state index is 11.0. The van der Waals surface area contributed by atoms with Gasteiger partial charge in [-0.05, 0) is 23.8 Å². The lowest BCUT2D eigenvalue weighted by atomic mass is 10.1. The van der Waals surface area contributed by atoms with Gasteiger partial charge in [0.15, 0.2) is 5.69 Å². The topological polar surface area (TPSA) is 76.5 Å². The van der Waals surface area contributed by atoms with E-state index in [2.05, 4.69) is 4.98 Å². The minimum atomic E-state index is -1.14. The van der Waals surface area contributed by atoms with Gasteiger partial charge < -0.3 is 14.6 Å². The van der Waals surface area contributed by atoms with Crippen molar-refractivity contribution in [1.82, 2.24) is 4.98 Å². The van der Waals surface area contributed by atoms with Crippen molar-refractivity contribution in [3.63, 3.8) is 0 Å². The van der Waals surface area contributed by atoms with Crippen LogP contribution in [0.5, 0.6) is 5.75 Å². The molecule has 0 bridgehead atoms. The Labute approximate surface area is 115 Å². The number of benzene rings is 1. The predicted molar refractivity (Wildman–Crippen MR) is 71.7 cm³/mol. The van der Waals surface area contributed by atoms with E-state index in [0.29, 0.717) is 17.6 Å². The lowest BCUT2D eigenvalue weighted by Crippen LogP contribution is -2.08. The number of ether oxygens (including phenoxy) is 1. The molecule has 0 saturated heterocycles. The molecule has 0 aliphatic rings. The van der Waals surface area contributed by atoms with Crippen molar-refractivity contribution in [3.05, 3.63) is 59.4 Å². The van der Waals surface area contributed by atoms with Gasteiger partial charge in [0.1, 0.15) is 18.6 Å². The fourth-order valence-corrected chi connectivity index (χ4v) is 1.76. The number of para-hydroxylation sites is 1. The van der Waals surface area contributed by atoms with Crippen LogP contribution in [0.3, 0.4) is 0 Å². The van der Waals surface area contributed by atoms with Gasteiger partial charge in [0.25, 0.3) is 0 Å². The Bertz CT molecular complexity index is 611. The van der Waals surface area contributed by atoms with E-state index in [9.17, 15) is 9.59 Å². The fourth-order valence-electron chi connectivity index (χ4n) is 1.76. The van der Waals surface area contributed by atoms with Crippen LogP contribution in [0.25, 0.3) is 0 Å². The zero-order chi connectivity index (χ0) is 14.4. The average Bonchev–Trinajstić information content (AvgIpc) is 2.46. The number of rotatable bonds is 6. The first-order chi connectivity index (χ1) is 9.70. The van der Waals surface area contributed by atoms with E-state index in [-0.39, 0.29) is 18.7 Å². The third-order valence-corrected chi connectivity index (χ3v) is 2.68. The van der Waals surface area contributed by atoms with Crippen LogP contribution in [-0.4, -0.2) is 22.3 Å². The number of aromatic carboxylic acids is 1. The third-order valence-electron chi connectivity index (χ3n) is 2.68. The van der Waals surface area contributed by atoms with Crippen LogP contribution in [0.15, 0.2) is 42.6 Å². The first kappa shape index (κ1) is 13.7. The molecule has 2 rings (SSSR count). The molecule has 0 aliphatic heterocycles. The molecule has 0 radical (unpaired) electrons. The second-order valence-electron chi connectivity index (χ2n) is 4.13. The van der Waals surface area contributed by atoms with E-state index >= 15 is 0 Å². The van der Waals surface area contributed by atoms with E-state index in [4.69, 9.17) is 9.84 Å². The van der Waals surface area contributed by atoms with Crippen molar-refractivity contribution in [3.8, 4) is 5.75 Å². The largest absolute Gasteiger partial charge is 0.489 e. The molecule has 1 aromatic heterocycles. The Morgan fingerprint density at radius 1 is 1.30 bits per heavy atom. The van der Waals surface area contributed by atoms with Gasteiger partial charge in [-0.1, -0.05) is 18.2 Å². The molecule has 5 nitrogen and oxygen atoms in total. The highest BCUT2D eigenvalue weighted by Gasteiger charge is 2.12. The maximum Gasteiger partial charge on any atom is 0.354 e. The molecule has 0 atom stereocenters. The van der Waals surface area contributed by atoms with E-state index in [1.54, 1.807) is 6.07 Å². The third kappa shape index (κ3) is 3.41. The summed E-state index contributed by atoms with van der Waals surface area (Å²) in [5.41, 5.74) is 1.01. The van der Waals surface area contributed by atoms with E-state index in [1.807, 2.05) is 30.3 Å². The predicted octanol–water partition coefficient (Wildman–Crippen LogP) is 2.10. The summed E-state index contributed by atoms with van der Waals surface area (Å²) in [6.45, 7) is 0.267. The Balaban J connectivity index is 2.14. The minimum absolute atomic E-state index is 0.0216. The van der Waals surface area contributed by atoms with Crippen molar-refractivity contribution in [2.45, 2.75) is 13.0 Å². The summed E-state index contributed by atoms with van der Waals surface area (Å²) in [4.78, 5) is 25.4. The molecule has 0 amide bonds. The van der Waals surface area contributed by atoms with Crippen LogP contribution in [0, 0.1) is 0 Å². The molecule has 0 unspecified atom stereocenters. The van der Waals surface area contributed by atoms with Gasteiger partial charge in [-0.2, -0.15) is 0 Å². The molecular formula is C15H13NO4. The summed E-state index contributed by atoms with van der Waals surface area (Å²) in [5, 5.41) is 8.98. The number of pyridine rings is 1. The number of carbonyl (C=O) groups excluding carboxylic acids is 1. The number of hydrogen-bond donors (Lipinski definition) is 1. The molecule has 1 N–H and O–H groups in total. The molecular weight excluding hydrogens is 258 g/mol. The summed E-state index contributed by atoms with van der Waals surface area (Å²) in [6.07, 6.45) is 2.12. The van der Waals surface area contributed by atoms with Gasteiger partial charge in [0, 0.05) is 18.2 Å². The zero-order valence-corrected chi connectivity index (χ0v) is 10.7. The second kappa shape index (κ2) is 6.47. The molecule has 102 valence electrons. The summed E-state index contributed by atoms with van der Waals surface area (Å²) in [7, 11) is 0. The fraction of sp³-hybridized carbons (Fsp3) is 0.133. The number of aldehydes is 1. The molecule has 0 saturated carbocycles. The molecule has 0 aliphatic carbocycles. The Hall–Kier alpha value is -2.69. The number of carbonyl (C=O) groups is 2. The van der Waals surface area contributed by atoms with Crippen molar-refractivity contribution in [1.29, 1.82) is 0 Å².